The Morgan fingerprint density at radius 1 is 0.686 bits per heavy atom. The Balaban J connectivity index is 1.21. The van der Waals surface area contributed by atoms with E-state index in [0.29, 0.717) is 17.7 Å². The Labute approximate surface area is 206 Å². The molecule has 1 saturated heterocycles. The number of hydrogen-bond acceptors (Lipinski definition) is 5. The van der Waals surface area contributed by atoms with Gasteiger partial charge in [-0.15, -0.1) is 0 Å². The number of carbonyl (C=O) groups is 2. The molecule has 3 aromatic carbocycles. The van der Waals surface area contributed by atoms with Gasteiger partial charge >= 0.3 is 0 Å². The minimum atomic E-state index is -0.499. The summed E-state index contributed by atoms with van der Waals surface area (Å²) in [5.41, 5.74) is 7.41. The van der Waals surface area contributed by atoms with Gasteiger partial charge in [0, 0.05) is 56.9 Å². The van der Waals surface area contributed by atoms with Crippen molar-refractivity contribution in [1.29, 1.82) is 0 Å². The van der Waals surface area contributed by atoms with Crippen LogP contribution in [0.15, 0.2) is 72.8 Å². The second-order valence-corrected chi connectivity index (χ2v) is 9.06. The van der Waals surface area contributed by atoms with Gasteiger partial charge in [-0.2, -0.15) is 0 Å². The fourth-order valence-electron chi connectivity index (χ4n) is 4.20. The number of amides is 2. The summed E-state index contributed by atoms with van der Waals surface area (Å²) in [7, 11) is 0. The normalized spacial score (nSPS) is 14.5. The van der Waals surface area contributed by atoms with Crippen LogP contribution in [-0.4, -0.2) is 53.0 Å². The summed E-state index contributed by atoms with van der Waals surface area (Å²) in [4.78, 5) is 28.8. The Morgan fingerprint density at radius 3 is 1.57 bits per heavy atom. The van der Waals surface area contributed by atoms with Crippen molar-refractivity contribution in [3.8, 4) is 0 Å². The summed E-state index contributed by atoms with van der Waals surface area (Å²) in [6.45, 7) is 8.16. The van der Waals surface area contributed by atoms with E-state index in [1.807, 2.05) is 67.6 Å². The van der Waals surface area contributed by atoms with Gasteiger partial charge < -0.3 is 5.32 Å². The number of hydrogen-bond donors (Lipinski definition) is 3. The largest absolute Gasteiger partial charge is 0.348 e. The van der Waals surface area contributed by atoms with E-state index in [1.54, 1.807) is 17.6 Å². The van der Waals surface area contributed by atoms with E-state index in [-0.39, 0.29) is 5.91 Å². The molecule has 7 nitrogen and oxygen atoms in total. The van der Waals surface area contributed by atoms with Crippen LogP contribution in [0.3, 0.4) is 0 Å². The highest BCUT2D eigenvalue weighted by molar-refractivity contribution is 5.94. The van der Waals surface area contributed by atoms with E-state index >= 15 is 0 Å². The van der Waals surface area contributed by atoms with Crippen molar-refractivity contribution in [3.05, 3.63) is 106 Å². The van der Waals surface area contributed by atoms with Gasteiger partial charge in [0.15, 0.2) is 0 Å². The Morgan fingerprint density at radius 2 is 1.11 bits per heavy atom. The third kappa shape index (κ3) is 6.99. The number of benzene rings is 3. The first-order chi connectivity index (χ1) is 17.0. The fourth-order valence-corrected chi connectivity index (χ4v) is 4.20. The zero-order chi connectivity index (χ0) is 24.6. The topological polar surface area (TPSA) is 84.9 Å². The van der Waals surface area contributed by atoms with Crippen molar-refractivity contribution < 1.29 is 14.8 Å². The summed E-state index contributed by atoms with van der Waals surface area (Å²) in [5, 5.41) is 11.7. The molecule has 3 aromatic rings. The van der Waals surface area contributed by atoms with Crippen molar-refractivity contribution >= 4 is 11.8 Å². The molecule has 0 aliphatic carbocycles. The standard InChI is InChI=1S/C28H32N4O3/c1-21-2-4-22(5-3-21)18-29-27(33)25-10-6-23(7-11-25)19-31-14-16-32(17-15-31)20-24-8-12-26(13-9-24)28(34)30-35/h2-13,35H,14-20H2,1H3,(H,29,33)(H,30,34). The number of hydroxylamine groups is 1. The first kappa shape index (κ1) is 24.6. The number of carbonyl (C=O) groups excluding carboxylic acids is 2. The van der Waals surface area contributed by atoms with Crippen molar-refractivity contribution in [2.75, 3.05) is 26.2 Å². The highest BCUT2D eigenvalue weighted by Crippen LogP contribution is 2.14. The predicted molar refractivity (Wildman–Crippen MR) is 135 cm³/mol. The highest BCUT2D eigenvalue weighted by atomic mass is 16.5. The lowest BCUT2D eigenvalue weighted by Crippen LogP contribution is -2.45. The molecule has 1 fully saturated rings. The Kier molecular flexibility index (Phi) is 8.26. The molecule has 7 heteroatoms. The van der Waals surface area contributed by atoms with Crippen molar-refractivity contribution in [1.82, 2.24) is 20.6 Å². The van der Waals surface area contributed by atoms with Gasteiger partial charge in [-0.3, -0.25) is 24.6 Å². The summed E-state index contributed by atoms with van der Waals surface area (Å²) in [6, 6.07) is 23.4. The molecular formula is C28H32N4O3. The Bertz CT molecular complexity index is 1120. The van der Waals surface area contributed by atoms with Gasteiger partial charge in [-0.05, 0) is 47.9 Å². The molecule has 0 saturated carbocycles. The van der Waals surface area contributed by atoms with E-state index < -0.39 is 5.91 Å². The molecule has 1 aliphatic rings. The lowest BCUT2D eigenvalue weighted by atomic mass is 10.1. The number of rotatable bonds is 8. The van der Waals surface area contributed by atoms with Crippen molar-refractivity contribution in [2.45, 2.75) is 26.6 Å². The Hall–Kier alpha value is -3.52. The van der Waals surface area contributed by atoms with Gasteiger partial charge in [0.05, 0.1) is 0 Å². The van der Waals surface area contributed by atoms with E-state index in [9.17, 15) is 9.59 Å². The van der Waals surface area contributed by atoms with Gasteiger partial charge in [0.2, 0.25) is 0 Å². The van der Waals surface area contributed by atoms with E-state index in [4.69, 9.17) is 5.21 Å². The molecule has 182 valence electrons. The lowest BCUT2D eigenvalue weighted by Gasteiger charge is -2.34. The lowest BCUT2D eigenvalue weighted by molar-refractivity contribution is 0.0706. The minimum absolute atomic E-state index is 0.0595. The maximum atomic E-state index is 12.5. The van der Waals surface area contributed by atoms with Crippen LogP contribution in [0.2, 0.25) is 0 Å². The van der Waals surface area contributed by atoms with Crippen LogP contribution in [-0.2, 0) is 19.6 Å². The van der Waals surface area contributed by atoms with Crippen molar-refractivity contribution in [2.24, 2.45) is 0 Å². The highest BCUT2D eigenvalue weighted by Gasteiger charge is 2.17. The van der Waals surface area contributed by atoms with E-state index in [2.05, 4.69) is 15.1 Å². The number of nitrogens with zero attached hydrogens (tertiary/aromatic N) is 2. The second kappa shape index (κ2) is 11.8. The molecule has 2 amide bonds. The quantitative estimate of drug-likeness (QED) is 0.346. The van der Waals surface area contributed by atoms with Crippen LogP contribution < -0.4 is 10.8 Å². The van der Waals surface area contributed by atoms with E-state index in [0.717, 1.165) is 50.4 Å². The molecule has 0 bridgehead atoms. The average Bonchev–Trinajstić information content (AvgIpc) is 2.90. The second-order valence-electron chi connectivity index (χ2n) is 9.06. The van der Waals surface area contributed by atoms with Gasteiger partial charge in [-0.25, -0.2) is 5.48 Å². The summed E-state index contributed by atoms with van der Waals surface area (Å²) >= 11 is 0. The van der Waals surface area contributed by atoms with Crippen LogP contribution >= 0.6 is 0 Å². The maximum absolute atomic E-state index is 12.5. The SMILES string of the molecule is Cc1ccc(CNC(=O)c2ccc(CN3CCN(Cc4ccc(C(=O)NO)cc4)CC3)cc2)cc1. The summed E-state index contributed by atoms with van der Waals surface area (Å²) in [5.74, 6) is -0.558. The third-order valence-electron chi connectivity index (χ3n) is 6.38. The summed E-state index contributed by atoms with van der Waals surface area (Å²) < 4.78 is 0. The predicted octanol–water partition coefficient (Wildman–Crippen LogP) is 3.36. The molecule has 0 aromatic heterocycles. The summed E-state index contributed by atoms with van der Waals surface area (Å²) in [6.07, 6.45) is 0. The zero-order valence-electron chi connectivity index (χ0n) is 20.0. The molecule has 0 radical (unpaired) electrons. The minimum Gasteiger partial charge on any atom is -0.348 e. The van der Waals surface area contributed by atoms with Crippen LogP contribution in [0.1, 0.15) is 43.0 Å². The zero-order valence-corrected chi connectivity index (χ0v) is 20.0. The molecule has 35 heavy (non-hydrogen) atoms. The van der Waals surface area contributed by atoms with Crippen LogP contribution in [0, 0.1) is 6.92 Å². The number of nitrogens with one attached hydrogen (secondary N) is 2. The fraction of sp³-hybridized carbons (Fsp3) is 0.286. The molecule has 1 aliphatic heterocycles. The molecule has 3 N–H and O–H groups in total. The van der Waals surface area contributed by atoms with Crippen LogP contribution in [0.5, 0.6) is 0 Å². The van der Waals surface area contributed by atoms with Gasteiger partial charge in [0.25, 0.3) is 11.8 Å². The smallest absolute Gasteiger partial charge is 0.274 e. The van der Waals surface area contributed by atoms with Crippen LogP contribution in [0.4, 0.5) is 0 Å². The monoisotopic (exact) mass is 472 g/mol. The number of piperazine rings is 1. The van der Waals surface area contributed by atoms with Crippen molar-refractivity contribution in [3.63, 3.8) is 0 Å². The first-order valence-electron chi connectivity index (χ1n) is 11.9. The first-order valence-corrected chi connectivity index (χ1v) is 11.9. The van der Waals surface area contributed by atoms with E-state index in [1.165, 1.54) is 11.1 Å². The van der Waals surface area contributed by atoms with Gasteiger partial charge in [-0.1, -0.05) is 54.1 Å². The molecule has 0 atom stereocenters. The molecule has 4 rings (SSSR count). The van der Waals surface area contributed by atoms with Gasteiger partial charge in [0.1, 0.15) is 0 Å². The molecule has 0 spiro atoms. The molecular weight excluding hydrogens is 440 g/mol. The molecule has 0 unspecified atom stereocenters. The number of aryl methyl sites for hydroxylation is 1. The maximum Gasteiger partial charge on any atom is 0.274 e. The average molecular weight is 473 g/mol. The van der Waals surface area contributed by atoms with Crippen LogP contribution in [0.25, 0.3) is 0 Å². The molecule has 1 heterocycles. The third-order valence-corrected chi connectivity index (χ3v) is 6.38.